The molecule has 0 bridgehead atoms. The molecule has 0 rings (SSSR count). The molecule has 0 aromatic rings. The molecule has 46 heavy (non-hydrogen) atoms. The van der Waals surface area contributed by atoms with Gasteiger partial charge in [0.2, 0.25) is 0 Å². The highest BCUT2D eigenvalue weighted by Crippen LogP contribution is 2.17. The van der Waals surface area contributed by atoms with Crippen LogP contribution in [0.15, 0.2) is 0 Å². The second kappa shape index (κ2) is 40.6. The summed E-state index contributed by atoms with van der Waals surface area (Å²) in [6, 6.07) is 0. The summed E-state index contributed by atoms with van der Waals surface area (Å²) in [6.07, 6.45) is 52.2. The normalized spacial score (nSPS) is 11.6. The molecule has 0 aliphatic heterocycles. The van der Waals surface area contributed by atoms with Crippen molar-refractivity contribution in [1.82, 2.24) is 0 Å². The maximum absolute atomic E-state index is 11.9. The standard InChI is InChI=1S/C44H88O2/c1-4-5-6-7-8-28-32-35-38-41-44(45)46-42-39-36-33-30-27-25-23-21-19-17-15-13-11-9-10-12-14-16-18-20-22-24-26-29-31-34-37-40-43(2)3/h43H,4-42H2,1-3H3. The molecule has 0 aliphatic rings. The molecule has 0 unspecified atom stereocenters. The predicted molar refractivity (Wildman–Crippen MR) is 207 cm³/mol. The molecule has 0 heterocycles. The fourth-order valence-corrected chi connectivity index (χ4v) is 6.91. The summed E-state index contributed by atoms with van der Waals surface area (Å²) in [7, 11) is 0. The van der Waals surface area contributed by atoms with Crippen LogP contribution >= 0.6 is 0 Å². The Morgan fingerprint density at radius 2 is 0.630 bits per heavy atom. The van der Waals surface area contributed by atoms with Crippen molar-refractivity contribution in [3.63, 3.8) is 0 Å². The van der Waals surface area contributed by atoms with E-state index in [0.29, 0.717) is 13.0 Å². The molecule has 0 spiro atoms. The number of esters is 1. The van der Waals surface area contributed by atoms with E-state index in [1.54, 1.807) is 0 Å². The highest BCUT2D eigenvalue weighted by Gasteiger charge is 2.03. The van der Waals surface area contributed by atoms with Gasteiger partial charge >= 0.3 is 5.97 Å². The second-order valence-corrected chi connectivity index (χ2v) is 15.5. The van der Waals surface area contributed by atoms with E-state index in [4.69, 9.17) is 4.74 Å². The summed E-state index contributed by atoms with van der Waals surface area (Å²) in [5.41, 5.74) is 0. The third kappa shape index (κ3) is 41.5. The van der Waals surface area contributed by atoms with Gasteiger partial charge in [0, 0.05) is 6.42 Å². The Bertz CT molecular complexity index is 556. The van der Waals surface area contributed by atoms with E-state index in [0.717, 1.165) is 18.8 Å². The maximum atomic E-state index is 11.9. The van der Waals surface area contributed by atoms with E-state index in [-0.39, 0.29) is 5.97 Å². The van der Waals surface area contributed by atoms with Gasteiger partial charge in [-0.25, -0.2) is 0 Å². The van der Waals surface area contributed by atoms with E-state index in [1.165, 1.54) is 225 Å². The first-order valence-electron chi connectivity index (χ1n) is 21.8. The largest absolute Gasteiger partial charge is 0.466 e. The lowest BCUT2D eigenvalue weighted by Gasteiger charge is -2.06. The van der Waals surface area contributed by atoms with Crippen LogP contribution in [-0.2, 0) is 9.53 Å². The molecule has 0 aromatic heterocycles. The maximum Gasteiger partial charge on any atom is 0.305 e. The van der Waals surface area contributed by atoms with Crippen molar-refractivity contribution in [1.29, 1.82) is 0 Å². The van der Waals surface area contributed by atoms with Crippen LogP contribution < -0.4 is 0 Å². The first-order valence-corrected chi connectivity index (χ1v) is 21.8. The monoisotopic (exact) mass is 649 g/mol. The number of hydrogen-bond acceptors (Lipinski definition) is 2. The molecule has 2 nitrogen and oxygen atoms in total. The minimum atomic E-state index is 0.0259. The van der Waals surface area contributed by atoms with E-state index < -0.39 is 0 Å². The van der Waals surface area contributed by atoms with Crippen molar-refractivity contribution in [2.24, 2.45) is 5.92 Å². The fraction of sp³-hybridized carbons (Fsp3) is 0.977. The van der Waals surface area contributed by atoms with Gasteiger partial charge in [-0.15, -0.1) is 0 Å². The van der Waals surface area contributed by atoms with E-state index in [1.807, 2.05) is 0 Å². The van der Waals surface area contributed by atoms with E-state index >= 15 is 0 Å². The van der Waals surface area contributed by atoms with E-state index in [2.05, 4.69) is 20.8 Å². The fourth-order valence-electron chi connectivity index (χ4n) is 6.91. The number of rotatable bonds is 40. The zero-order valence-electron chi connectivity index (χ0n) is 32.5. The average Bonchev–Trinajstić information content (AvgIpc) is 3.04. The van der Waals surface area contributed by atoms with Crippen molar-refractivity contribution < 1.29 is 9.53 Å². The molecule has 0 aromatic carbocycles. The summed E-state index contributed by atoms with van der Waals surface area (Å²) in [4.78, 5) is 11.9. The van der Waals surface area contributed by atoms with Gasteiger partial charge in [0.15, 0.2) is 0 Å². The molecule has 276 valence electrons. The summed E-state index contributed by atoms with van der Waals surface area (Å²) in [6.45, 7) is 7.60. The molecule has 0 amide bonds. The minimum Gasteiger partial charge on any atom is -0.466 e. The zero-order chi connectivity index (χ0) is 33.4. The highest BCUT2D eigenvalue weighted by molar-refractivity contribution is 5.69. The molecule has 2 heteroatoms. The third-order valence-corrected chi connectivity index (χ3v) is 10.2. The molecule has 0 fully saturated rings. The van der Waals surface area contributed by atoms with E-state index in [9.17, 15) is 4.79 Å². The van der Waals surface area contributed by atoms with Crippen LogP contribution in [0.2, 0.25) is 0 Å². The Balaban J connectivity index is 3.11. The average molecular weight is 649 g/mol. The van der Waals surface area contributed by atoms with Gasteiger partial charge in [0.05, 0.1) is 6.61 Å². The lowest BCUT2D eigenvalue weighted by molar-refractivity contribution is -0.143. The first kappa shape index (κ1) is 45.5. The Hall–Kier alpha value is -0.530. The molecular weight excluding hydrogens is 560 g/mol. The zero-order valence-corrected chi connectivity index (χ0v) is 32.5. The van der Waals surface area contributed by atoms with Crippen molar-refractivity contribution in [3.8, 4) is 0 Å². The van der Waals surface area contributed by atoms with Crippen LogP contribution in [0.1, 0.15) is 265 Å². The van der Waals surface area contributed by atoms with Gasteiger partial charge < -0.3 is 4.74 Å². The number of carbonyl (C=O) groups excluding carboxylic acids is 1. The molecule has 0 N–H and O–H groups in total. The molecule has 0 aliphatic carbocycles. The van der Waals surface area contributed by atoms with Crippen molar-refractivity contribution >= 4 is 5.97 Å². The predicted octanol–water partition coefficient (Wildman–Crippen LogP) is 16.0. The first-order chi connectivity index (χ1) is 22.7. The van der Waals surface area contributed by atoms with Crippen LogP contribution in [-0.4, -0.2) is 12.6 Å². The quantitative estimate of drug-likeness (QED) is 0.0488. The van der Waals surface area contributed by atoms with Crippen LogP contribution in [0.25, 0.3) is 0 Å². The van der Waals surface area contributed by atoms with Crippen LogP contribution in [0.3, 0.4) is 0 Å². The Labute approximate surface area is 292 Å². The molecular formula is C44H88O2. The lowest BCUT2D eigenvalue weighted by atomic mass is 10.0. The summed E-state index contributed by atoms with van der Waals surface area (Å²) < 4.78 is 5.44. The summed E-state index contributed by atoms with van der Waals surface area (Å²) in [5.74, 6) is 0.915. The topological polar surface area (TPSA) is 26.3 Å². The number of carbonyl (C=O) groups is 1. The van der Waals surface area contributed by atoms with Crippen LogP contribution in [0.5, 0.6) is 0 Å². The number of ether oxygens (including phenoxy) is 1. The summed E-state index contributed by atoms with van der Waals surface area (Å²) in [5, 5.41) is 0. The van der Waals surface area contributed by atoms with Gasteiger partial charge in [-0.1, -0.05) is 245 Å². The van der Waals surface area contributed by atoms with Crippen LogP contribution in [0.4, 0.5) is 0 Å². The van der Waals surface area contributed by atoms with Crippen molar-refractivity contribution in [3.05, 3.63) is 0 Å². The van der Waals surface area contributed by atoms with Crippen molar-refractivity contribution in [2.75, 3.05) is 6.61 Å². The van der Waals surface area contributed by atoms with Crippen LogP contribution in [0, 0.1) is 5.92 Å². The minimum absolute atomic E-state index is 0.0259. The Kier molecular flexibility index (Phi) is 40.2. The SMILES string of the molecule is CCCCCCCCCCCC(=O)OCCCCCCCCCCCCCCCCCCCCCCCCCCCCCC(C)C. The molecule has 0 atom stereocenters. The lowest BCUT2D eigenvalue weighted by Crippen LogP contribution is -2.05. The van der Waals surface area contributed by atoms with Gasteiger partial charge in [-0.3, -0.25) is 4.79 Å². The smallest absolute Gasteiger partial charge is 0.305 e. The number of hydrogen-bond donors (Lipinski definition) is 0. The van der Waals surface area contributed by atoms with Gasteiger partial charge in [-0.2, -0.15) is 0 Å². The Morgan fingerprint density at radius 1 is 0.370 bits per heavy atom. The van der Waals surface area contributed by atoms with Gasteiger partial charge in [-0.05, 0) is 18.8 Å². The number of unbranched alkanes of at least 4 members (excludes halogenated alkanes) is 34. The molecule has 0 saturated heterocycles. The Morgan fingerprint density at radius 3 is 0.935 bits per heavy atom. The molecule has 0 saturated carbocycles. The highest BCUT2D eigenvalue weighted by atomic mass is 16.5. The second-order valence-electron chi connectivity index (χ2n) is 15.5. The third-order valence-electron chi connectivity index (χ3n) is 10.2. The summed E-state index contributed by atoms with van der Waals surface area (Å²) >= 11 is 0. The van der Waals surface area contributed by atoms with Crippen molar-refractivity contribution in [2.45, 2.75) is 265 Å². The van der Waals surface area contributed by atoms with Gasteiger partial charge in [0.25, 0.3) is 0 Å². The molecule has 0 radical (unpaired) electrons. The van der Waals surface area contributed by atoms with Gasteiger partial charge in [0.1, 0.15) is 0 Å².